The lowest BCUT2D eigenvalue weighted by Gasteiger charge is -2.01. The molecule has 0 bridgehead atoms. The third kappa shape index (κ3) is 2.23. The summed E-state index contributed by atoms with van der Waals surface area (Å²) >= 11 is 5.60. The SMILES string of the molecule is Clc1ccc(NCc2cc[nH]c2)nn1. The van der Waals surface area contributed by atoms with Crippen LogP contribution in [0, 0.1) is 0 Å². The fraction of sp³-hybridized carbons (Fsp3) is 0.111. The van der Waals surface area contributed by atoms with Crippen molar-refractivity contribution in [1.82, 2.24) is 15.2 Å². The number of aromatic amines is 1. The normalized spacial score (nSPS) is 10.1. The first-order valence-corrected chi connectivity index (χ1v) is 4.57. The van der Waals surface area contributed by atoms with Crippen LogP contribution in [0.5, 0.6) is 0 Å². The van der Waals surface area contributed by atoms with Crippen LogP contribution in [0.4, 0.5) is 5.82 Å². The number of halogens is 1. The highest BCUT2D eigenvalue weighted by atomic mass is 35.5. The van der Waals surface area contributed by atoms with Crippen molar-refractivity contribution in [3.63, 3.8) is 0 Å². The molecule has 4 nitrogen and oxygen atoms in total. The molecule has 0 spiro atoms. The molecule has 0 aliphatic rings. The fourth-order valence-electron chi connectivity index (χ4n) is 1.07. The third-order valence-corrected chi connectivity index (χ3v) is 1.97. The Morgan fingerprint density at radius 2 is 2.21 bits per heavy atom. The molecule has 0 aliphatic heterocycles. The number of hydrogen-bond acceptors (Lipinski definition) is 3. The maximum absolute atomic E-state index is 5.60. The molecule has 0 fully saturated rings. The molecule has 0 saturated heterocycles. The number of nitrogens with one attached hydrogen (secondary N) is 2. The van der Waals surface area contributed by atoms with E-state index in [4.69, 9.17) is 11.6 Å². The molecule has 0 amide bonds. The van der Waals surface area contributed by atoms with Crippen molar-refractivity contribution in [3.05, 3.63) is 41.3 Å². The summed E-state index contributed by atoms with van der Waals surface area (Å²) in [5.41, 5.74) is 1.17. The first kappa shape index (κ1) is 9.02. The Morgan fingerprint density at radius 3 is 2.86 bits per heavy atom. The summed E-state index contributed by atoms with van der Waals surface area (Å²) in [6.45, 7) is 0.722. The van der Waals surface area contributed by atoms with Crippen molar-refractivity contribution >= 4 is 17.4 Å². The molecule has 2 aromatic heterocycles. The Labute approximate surface area is 86.3 Å². The molecule has 14 heavy (non-hydrogen) atoms. The topological polar surface area (TPSA) is 53.6 Å². The molecule has 0 unspecified atom stereocenters. The van der Waals surface area contributed by atoms with E-state index in [1.54, 1.807) is 12.1 Å². The predicted octanol–water partition coefficient (Wildman–Crippen LogP) is 2.07. The van der Waals surface area contributed by atoms with Crippen LogP contribution in [-0.2, 0) is 6.54 Å². The molecule has 0 aliphatic carbocycles. The van der Waals surface area contributed by atoms with Crippen molar-refractivity contribution in [2.75, 3.05) is 5.32 Å². The van der Waals surface area contributed by atoms with Gasteiger partial charge in [0.1, 0.15) is 5.82 Å². The average molecular weight is 209 g/mol. The minimum atomic E-state index is 0.400. The van der Waals surface area contributed by atoms with Crippen LogP contribution in [0.25, 0.3) is 0 Å². The lowest BCUT2D eigenvalue weighted by molar-refractivity contribution is 1.00. The zero-order chi connectivity index (χ0) is 9.80. The molecule has 72 valence electrons. The summed E-state index contributed by atoms with van der Waals surface area (Å²) in [6.07, 6.45) is 3.81. The fourth-order valence-corrected chi connectivity index (χ4v) is 1.17. The summed E-state index contributed by atoms with van der Waals surface area (Å²) in [4.78, 5) is 2.98. The van der Waals surface area contributed by atoms with Gasteiger partial charge in [0.05, 0.1) is 0 Å². The van der Waals surface area contributed by atoms with E-state index in [1.165, 1.54) is 5.56 Å². The molecule has 0 atom stereocenters. The molecule has 0 aromatic carbocycles. The van der Waals surface area contributed by atoms with E-state index < -0.39 is 0 Å². The van der Waals surface area contributed by atoms with Gasteiger partial charge >= 0.3 is 0 Å². The van der Waals surface area contributed by atoms with Gasteiger partial charge in [-0.15, -0.1) is 10.2 Å². The zero-order valence-electron chi connectivity index (χ0n) is 7.37. The third-order valence-electron chi connectivity index (χ3n) is 1.77. The quantitative estimate of drug-likeness (QED) is 0.812. The van der Waals surface area contributed by atoms with Crippen molar-refractivity contribution in [2.24, 2.45) is 0 Å². The molecule has 0 saturated carbocycles. The highest BCUT2D eigenvalue weighted by molar-refractivity contribution is 6.29. The van der Waals surface area contributed by atoms with E-state index >= 15 is 0 Å². The average Bonchev–Trinajstić information content (AvgIpc) is 2.70. The van der Waals surface area contributed by atoms with Crippen molar-refractivity contribution in [2.45, 2.75) is 6.54 Å². The number of nitrogens with zero attached hydrogens (tertiary/aromatic N) is 2. The zero-order valence-corrected chi connectivity index (χ0v) is 8.12. The molecule has 2 aromatic rings. The monoisotopic (exact) mass is 208 g/mol. The largest absolute Gasteiger partial charge is 0.367 e. The lowest BCUT2D eigenvalue weighted by atomic mass is 10.3. The second kappa shape index (κ2) is 4.11. The number of anilines is 1. The van der Waals surface area contributed by atoms with E-state index in [2.05, 4.69) is 20.5 Å². The van der Waals surface area contributed by atoms with Gasteiger partial charge in [0.15, 0.2) is 5.15 Å². The minimum Gasteiger partial charge on any atom is -0.367 e. The van der Waals surface area contributed by atoms with Crippen LogP contribution in [0.2, 0.25) is 5.15 Å². The Kier molecular flexibility index (Phi) is 2.65. The van der Waals surface area contributed by atoms with Gasteiger partial charge in [-0.25, -0.2) is 0 Å². The Morgan fingerprint density at radius 1 is 1.29 bits per heavy atom. The highest BCUT2D eigenvalue weighted by Crippen LogP contribution is 2.07. The Bertz CT molecular complexity index is 382. The maximum atomic E-state index is 5.60. The van der Waals surface area contributed by atoms with Crippen LogP contribution in [-0.4, -0.2) is 15.2 Å². The Hall–Kier alpha value is -1.55. The molecular weight excluding hydrogens is 200 g/mol. The van der Waals surface area contributed by atoms with Crippen LogP contribution in [0.3, 0.4) is 0 Å². The first-order valence-electron chi connectivity index (χ1n) is 4.19. The van der Waals surface area contributed by atoms with Gasteiger partial charge in [-0.2, -0.15) is 0 Å². The second-order valence-electron chi connectivity index (χ2n) is 2.81. The van der Waals surface area contributed by atoms with Crippen molar-refractivity contribution in [3.8, 4) is 0 Å². The number of aromatic nitrogens is 3. The van der Waals surface area contributed by atoms with E-state index in [0.29, 0.717) is 5.15 Å². The maximum Gasteiger partial charge on any atom is 0.151 e. The minimum absolute atomic E-state index is 0.400. The molecule has 0 radical (unpaired) electrons. The van der Waals surface area contributed by atoms with Crippen LogP contribution < -0.4 is 5.32 Å². The summed E-state index contributed by atoms with van der Waals surface area (Å²) < 4.78 is 0. The van der Waals surface area contributed by atoms with Gasteiger partial charge < -0.3 is 10.3 Å². The van der Waals surface area contributed by atoms with Gasteiger partial charge in [-0.1, -0.05) is 11.6 Å². The van der Waals surface area contributed by atoms with Gasteiger partial charge in [-0.05, 0) is 23.8 Å². The van der Waals surface area contributed by atoms with Crippen LogP contribution in [0.15, 0.2) is 30.6 Å². The van der Waals surface area contributed by atoms with Gasteiger partial charge in [0, 0.05) is 18.9 Å². The predicted molar refractivity (Wildman–Crippen MR) is 55.2 cm³/mol. The summed E-state index contributed by atoms with van der Waals surface area (Å²) in [5, 5.41) is 11.1. The molecular formula is C9H9ClN4. The van der Waals surface area contributed by atoms with Gasteiger partial charge in [0.25, 0.3) is 0 Å². The second-order valence-corrected chi connectivity index (χ2v) is 3.20. The molecule has 5 heteroatoms. The van der Waals surface area contributed by atoms with Crippen LogP contribution in [0.1, 0.15) is 5.56 Å². The first-order chi connectivity index (χ1) is 6.84. The molecule has 2 N–H and O–H groups in total. The van der Waals surface area contributed by atoms with Crippen molar-refractivity contribution < 1.29 is 0 Å². The van der Waals surface area contributed by atoms with E-state index in [9.17, 15) is 0 Å². The summed E-state index contributed by atoms with van der Waals surface area (Å²) in [6, 6.07) is 5.49. The Balaban J connectivity index is 1.95. The lowest BCUT2D eigenvalue weighted by Crippen LogP contribution is -2.00. The number of H-pyrrole nitrogens is 1. The summed E-state index contributed by atoms with van der Waals surface area (Å²) in [7, 11) is 0. The van der Waals surface area contributed by atoms with Crippen molar-refractivity contribution in [1.29, 1.82) is 0 Å². The number of rotatable bonds is 3. The summed E-state index contributed by atoms with van der Waals surface area (Å²) in [5.74, 6) is 0.718. The van der Waals surface area contributed by atoms with Crippen LogP contribution >= 0.6 is 11.6 Å². The highest BCUT2D eigenvalue weighted by Gasteiger charge is 1.95. The van der Waals surface area contributed by atoms with E-state index in [-0.39, 0.29) is 0 Å². The van der Waals surface area contributed by atoms with Gasteiger partial charge in [-0.3, -0.25) is 0 Å². The molecule has 2 rings (SSSR count). The van der Waals surface area contributed by atoms with Gasteiger partial charge in [0.2, 0.25) is 0 Å². The van der Waals surface area contributed by atoms with E-state index in [0.717, 1.165) is 12.4 Å². The van der Waals surface area contributed by atoms with E-state index in [1.807, 2.05) is 18.5 Å². The standard InChI is InChI=1S/C9H9ClN4/c10-8-1-2-9(14-13-8)12-6-7-3-4-11-5-7/h1-5,11H,6H2,(H,12,14). The smallest absolute Gasteiger partial charge is 0.151 e. The number of hydrogen-bond donors (Lipinski definition) is 2. The molecule has 2 heterocycles.